The molecule has 2 rings (SSSR count). The van der Waals surface area contributed by atoms with E-state index >= 15 is 0 Å². The Morgan fingerprint density at radius 2 is 2.00 bits per heavy atom. The summed E-state index contributed by atoms with van der Waals surface area (Å²) in [6.07, 6.45) is 2.57. The van der Waals surface area contributed by atoms with Crippen molar-refractivity contribution in [1.82, 2.24) is 9.97 Å². The molecule has 0 saturated heterocycles. The predicted octanol–water partition coefficient (Wildman–Crippen LogP) is 2.69. The second-order valence-electron chi connectivity index (χ2n) is 4.95. The second kappa shape index (κ2) is 6.17. The third kappa shape index (κ3) is 3.35. The zero-order chi connectivity index (χ0) is 14.9. The molecule has 0 aliphatic heterocycles. The first-order valence-corrected chi connectivity index (χ1v) is 7.68. The number of aromatic nitrogens is 2. The summed E-state index contributed by atoms with van der Waals surface area (Å²) in [6.45, 7) is 1.96. The number of aliphatic carboxylic acids is 1. The quantitative estimate of drug-likeness (QED) is 0.804. The number of anilines is 1. The molecule has 0 bridgehead atoms. The van der Waals surface area contributed by atoms with Gasteiger partial charge in [-0.05, 0) is 50.6 Å². The Balaban J connectivity index is 2.13. The molecule has 1 aromatic heterocycles. The van der Waals surface area contributed by atoms with Gasteiger partial charge in [-0.2, -0.15) is 0 Å². The van der Waals surface area contributed by atoms with Crippen molar-refractivity contribution in [3.63, 3.8) is 0 Å². The van der Waals surface area contributed by atoms with Gasteiger partial charge in [-0.15, -0.1) is 0 Å². The molecule has 20 heavy (non-hydrogen) atoms. The number of nitrogens with zero attached hydrogens (tertiary/aromatic N) is 2. The molecule has 3 atom stereocenters. The molecule has 1 aromatic rings. The van der Waals surface area contributed by atoms with Crippen molar-refractivity contribution in [3.05, 3.63) is 15.4 Å². The molecule has 0 radical (unpaired) electrons. The Morgan fingerprint density at radius 1 is 1.35 bits per heavy atom. The van der Waals surface area contributed by atoms with E-state index in [4.69, 9.17) is 0 Å². The van der Waals surface area contributed by atoms with Crippen LogP contribution in [0.1, 0.15) is 19.8 Å². The highest BCUT2D eigenvalue weighted by molar-refractivity contribution is 9.11. The number of carbonyl (C=O) groups excluding carboxylic acids is 1. The summed E-state index contributed by atoms with van der Waals surface area (Å²) < 4.78 is 0.943. The number of nitrogens with one attached hydrogen (secondary N) is 1. The van der Waals surface area contributed by atoms with E-state index in [0.717, 1.165) is 0 Å². The van der Waals surface area contributed by atoms with Crippen LogP contribution in [0, 0.1) is 17.8 Å². The summed E-state index contributed by atoms with van der Waals surface area (Å²) >= 11 is 6.38. The van der Waals surface area contributed by atoms with Gasteiger partial charge in [0.05, 0.1) is 18.0 Å². The number of rotatable bonds is 3. The summed E-state index contributed by atoms with van der Waals surface area (Å²) in [5, 5.41) is 11.8. The molecule has 1 saturated carbocycles. The standard InChI is InChI=1S/C12H13Br2N3O3/c1-5-2-6(7(3-5)12(19)20)11(18)17-10-9(14)16-8(13)4-15-10/h4-7H,2-3H2,1H3,(H,19,20)(H,15,17,18). The van der Waals surface area contributed by atoms with E-state index in [1.165, 1.54) is 6.20 Å². The average Bonchev–Trinajstić information content (AvgIpc) is 2.75. The fraction of sp³-hybridized carbons (Fsp3) is 0.500. The van der Waals surface area contributed by atoms with Crippen molar-refractivity contribution in [1.29, 1.82) is 0 Å². The largest absolute Gasteiger partial charge is 0.481 e. The number of carbonyl (C=O) groups is 2. The monoisotopic (exact) mass is 405 g/mol. The Labute approximate surface area is 132 Å². The van der Waals surface area contributed by atoms with E-state index < -0.39 is 17.8 Å². The van der Waals surface area contributed by atoms with Crippen LogP contribution >= 0.6 is 31.9 Å². The zero-order valence-corrected chi connectivity index (χ0v) is 13.8. The van der Waals surface area contributed by atoms with Gasteiger partial charge in [0, 0.05) is 0 Å². The summed E-state index contributed by atoms with van der Waals surface area (Å²) in [7, 11) is 0. The zero-order valence-electron chi connectivity index (χ0n) is 10.6. The van der Waals surface area contributed by atoms with Crippen molar-refractivity contribution in [3.8, 4) is 0 Å². The predicted molar refractivity (Wildman–Crippen MR) is 79.1 cm³/mol. The molecule has 1 aliphatic rings. The lowest BCUT2D eigenvalue weighted by molar-refractivity contribution is -0.145. The SMILES string of the molecule is CC1CC(C(=O)O)C(C(=O)Nc2ncc(Br)nc2Br)C1. The van der Waals surface area contributed by atoms with E-state index in [2.05, 4.69) is 47.1 Å². The van der Waals surface area contributed by atoms with Crippen LogP contribution in [-0.2, 0) is 9.59 Å². The average molecular weight is 407 g/mol. The molecule has 1 heterocycles. The van der Waals surface area contributed by atoms with Gasteiger partial charge in [0.25, 0.3) is 0 Å². The molecule has 1 aliphatic carbocycles. The summed E-state index contributed by atoms with van der Waals surface area (Å²) in [6, 6.07) is 0. The van der Waals surface area contributed by atoms with Gasteiger partial charge >= 0.3 is 5.97 Å². The first-order valence-electron chi connectivity index (χ1n) is 6.10. The molecule has 3 unspecified atom stereocenters. The smallest absolute Gasteiger partial charge is 0.307 e. The normalized spacial score (nSPS) is 25.4. The van der Waals surface area contributed by atoms with Crippen LogP contribution in [0.25, 0.3) is 0 Å². The Kier molecular flexibility index (Phi) is 4.74. The summed E-state index contributed by atoms with van der Waals surface area (Å²) in [5.41, 5.74) is 0. The van der Waals surface area contributed by atoms with Crippen LogP contribution in [0.5, 0.6) is 0 Å². The van der Waals surface area contributed by atoms with Crippen LogP contribution in [0.15, 0.2) is 15.4 Å². The first kappa shape index (κ1) is 15.4. The first-order chi connectivity index (χ1) is 9.38. The molecule has 1 fully saturated rings. The van der Waals surface area contributed by atoms with Gasteiger partial charge in [-0.3, -0.25) is 9.59 Å². The van der Waals surface area contributed by atoms with E-state index in [9.17, 15) is 14.7 Å². The van der Waals surface area contributed by atoms with Crippen molar-refractivity contribution in [2.45, 2.75) is 19.8 Å². The van der Waals surface area contributed by atoms with E-state index in [0.29, 0.717) is 27.9 Å². The Bertz CT molecular complexity index is 553. The van der Waals surface area contributed by atoms with E-state index in [1.807, 2.05) is 6.92 Å². The van der Waals surface area contributed by atoms with Gasteiger partial charge in [0.2, 0.25) is 5.91 Å². The molecular formula is C12H13Br2N3O3. The number of hydrogen-bond acceptors (Lipinski definition) is 4. The minimum absolute atomic E-state index is 0.228. The molecule has 2 N–H and O–H groups in total. The minimum atomic E-state index is -0.921. The molecule has 0 aromatic carbocycles. The maximum absolute atomic E-state index is 12.2. The van der Waals surface area contributed by atoms with Crippen molar-refractivity contribution in [2.75, 3.05) is 5.32 Å². The van der Waals surface area contributed by atoms with Crippen LogP contribution in [0.2, 0.25) is 0 Å². The molecule has 108 valence electrons. The number of carboxylic acids is 1. The van der Waals surface area contributed by atoms with Crippen LogP contribution in [0.3, 0.4) is 0 Å². The summed E-state index contributed by atoms with van der Waals surface area (Å²) in [5.74, 6) is -1.88. The number of hydrogen-bond donors (Lipinski definition) is 2. The van der Waals surface area contributed by atoms with Crippen LogP contribution < -0.4 is 5.32 Å². The Morgan fingerprint density at radius 3 is 2.60 bits per heavy atom. The fourth-order valence-corrected chi connectivity index (χ4v) is 3.40. The highest BCUT2D eigenvalue weighted by Gasteiger charge is 2.41. The van der Waals surface area contributed by atoms with Crippen LogP contribution in [-0.4, -0.2) is 27.0 Å². The lowest BCUT2D eigenvalue weighted by Gasteiger charge is -2.15. The molecule has 0 spiro atoms. The number of halogens is 2. The third-order valence-electron chi connectivity index (χ3n) is 3.39. The number of carboxylic acid groups (broad SMARTS) is 1. The van der Waals surface area contributed by atoms with Gasteiger partial charge in [-0.1, -0.05) is 6.92 Å². The maximum Gasteiger partial charge on any atom is 0.307 e. The van der Waals surface area contributed by atoms with E-state index in [1.54, 1.807) is 0 Å². The van der Waals surface area contributed by atoms with Crippen molar-refractivity contribution < 1.29 is 14.7 Å². The number of amides is 1. The topological polar surface area (TPSA) is 92.2 Å². The van der Waals surface area contributed by atoms with Crippen molar-refractivity contribution >= 4 is 49.6 Å². The highest BCUT2D eigenvalue weighted by Crippen LogP contribution is 2.37. The Hall–Kier alpha value is -1.02. The molecule has 1 amide bonds. The minimum Gasteiger partial charge on any atom is -0.481 e. The fourth-order valence-electron chi connectivity index (χ4n) is 2.49. The van der Waals surface area contributed by atoms with Gasteiger partial charge < -0.3 is 10.4 Å². The maximum atomic E-state index is 12.2. The van der Waals surface area contributed by atoms with Gasteiger partial charge in [-0.25, -0.2) is 9.97 Å². The molecule has 8 heteroatoms. The van der Waals surface area contributed by atoms with E-state index in [-0.39, 0.29) is 11.8 Å². The highest BCUT2D eigenvalue weighted by atomic mass is 79.9. The lowest BCUT2D eigenvalue weighted by Crippen LogP contribution is -2.30. The third-order valence-corrected chi connectivity index (χ3v) is 4.33. The second-order valence-corrected chi connectivity index (χ2v) is 6.51. The summed E-state index contributed by atoms with van der Waals surface area (Å²) in [4.78, 5) is 31.5. The van der Waals surface area contributed by atoms with Crippen LogP contribution in [0.4, 0.5) is 5.82 Å². The van der Waals surface area contributed by atoms with Gasteiger partial charge in [0.1, 0.15) is 9.21 Å². The molecular weight excluding hydrogens is 394 g/mol. The lowest BCUT2D eigenvalue weighted by atomic mass is 9.95. The van der Waals surface area contributed by atoms with Crippen molar-refractivity contribution in [2.24, 2.45) is 17.8 Å². The van der Waals surface area contributed by atoms with Gasteiger partial charge in [0.15, 0.2) is 5.82 Å². The molecule has 6 nitrogen and oxygen atoms in total.